The van der Waals surface area contributed by atoms with Crippen molar-refractivity contribution >= 4 is 75.3 Å². The second-order valence-electron chi connectivity index (χ2n) is 13.9. The van der Waals surface area contributed by atoms with Crippen molar-refractivity contribution in [3.05, 3.63) is 182 Å². The maximum Gasteiger partial charge on any atom is 0.238 e. The van der Waals surface area contributed by atoms with Crippen LogP contribution in [-0.4, -0.2) is 19.5 Å². The summed E-state index contributed by atoms with van der Waals surface area (Å²) >= 11 is 1.70. The predicted octanol–water partition coefficient (Wildman–Crippen LogP) is 13.9. The lowest BCUT2D eigenvalue weighted by Gasteiger charge is -2.12. The summed E-state index contributed by atoms with van der Waals surface area (Å²) in [5.41, 5.74) is 5.16. The van der Waals surface area contributed by atoms with Crippen LogP contribution in [-0.2, 0) is 0 Å². The highest BCUT2D eigenvalue weighted by molar-refractivity contribution is 7.26. The Morgan fingerprint density at radius 2 is 1.21 bits per heavy atom. The van der Waals surface area contributed by atoms with Crippen molar-refractivity contribution in [2.24, 2.45) is 0 Å². The molecule has 12 aromatic rings. The van der Waals surface area contributed by atoms with Gasteiger partial charge >= 0.3 is 0 Å². The summed E-state index contributed by atoms with van der Waals surface area (Å²) in [5.74, 6) is 0.565. The van der Waals surface area contributed by atoms with Crippen LogP contribution in [0.15, 0.2) is 186 Å². The molecule has 0 spiro atoms. The lowest BCUT2D eigenvalue weighted by molar-refractivity contribution is 0.669. The number of nitrogens with zero attached hydrogens (tertiary/aromatic N) is 4. The summed E-state index contributed by atoms with van der Waals surface area (Å²) < 4.78 is 66.0. The van der Waals surface area contributed by atoms with Crippen LogP contribution < -0.4 is 0 Å². The van der Waals surface area contributed by atoms with Gasteiger partial charge in [0.2, 0.25) is 5.95 Å². The summed E-state index contributed by atoms with van der Waals surface area (Å²) in [5, 5.41) is 4.62. The Morgan fingerprint density at radius 1 is 0.509 bits per heavy atom. The number of thiophene rings is 1. The SMILES string of the molecule is [2H]c1c([2H])c(-c2ccccc2)c2c(oc3c([2H])c(-c4nc(-c5cccc(-c6ccccc6)c5)nc(-n5c6ccccc6c6ccc7c8ccccc8sc7c65)n4)c([2H])c([2H])c32)c1[2H]. The van der Waals surface area contributed by atoms with Gasteiger partial charge in [0.15, 0.2) is 11.6 Å². The molecule has 0 N–H and O–H groups in total. The van der Waals surface area contributed by atoms with Gasteiger partial charge < -0.3 is 4.42 Å². The van der Waals surface area contributed by atoms with E-state index in [1.165, 1.54) is 0 Å². The molecule has 0 fully saturated rings. The zero-order chi connectivity index (χ0) is 42.7. The summed E-state index contributed by atoms with van der Waals surface area (Å²) in [4.78, 5) is 15.4. The number of hydrogen-bond acceptors (Lipinski definition) is 5. The third kappa shape index (κ3) is 5.04. The Kier molecular flexibility index (Phi) is 5.82. The number of furan rings is 1. The molecule has 0 aliphatic carbocycles. The Morgan fingerprint density at radius 3 is 2.07 bits per heavy atom. The quantitative estimate of drug-likeness (QED) is 0.176. The fourth-order valence-corrected chi connectivity index (χ4v) is 9.23. The van der Waals surface area contributed by atoms with E-state index in [2.05, 4.69) is 30.3 Å². The molecule has 12 rings (SSSR count). The Hall–Kier alpha value is -7.41. The highest BCUT2D eigenvalue weighted by Gasteiger charge is 2.22. The van der Waals surface area contributed by atoms with Gasteiger partial charge in [-0.2, -0.15) is 9.97 Å². The average Bonchev–Trinajstić information content (AvgIpc) is 4.02. The van der Waals surface area contributed by atoms with Crippen LogP contribution in [0.25, 0.3) is 115 Å². The van der Waals surface area contributed by atoms with E-state index in [9.17, 15) is 4.11 Å². The summed E-state index contributed by atoms with van der Waals surface area (Å²) in [7, 11) is 0. The average molecular weight is 753 g/mol. The first-order chi connectivity index (χ1) is 30.8. The van der Waals surface area contributed by atoms with Crippen molar-refractivity contribution in [2.45, 2.75) is 0 Å². The monoisotopic (exact) mass is 752 g/mol. The molecule has 0 bridgehead atoms. The molecule has 0 aliphatic heterocycles. The molecule has 0 atom stereocenters. The zero-order valence-corrected chi connectivity index (χ0v) is 30.8. The minimum Gasteiger partial charge on any atom is -0.456 e. The number of hydrogen-bond donors (Lipinski definition) is 0. The van der Waals surface area contributed by atoms with Gasteiger partial charge in [0.25, 0.3) is 0 Å². The van der Waals surface area contributed by atoms with Crippen molar-refractivity contribution in [1.29, 1.82) is 0 Å². The molecule has 0 aliphatic rings. The third-order valence-corrected chi connectivity index (χ3v) is 11.8. The molecular formula is C51H30N4OS. The molecule has 4 heterocycles. The number of rotatable bonds is 5. The van der Waals surface area contributed by atoms with E-state index in [1.807, 2.05) is 95.6 Å². The largest absolute Gasteiger partial charge is 0.456 e. The van der Waals surface area contributed by atoms with Crippen molar-refractivity contribution in [1.82, 2.24) is 19.5 Å². The third-order valence-electron chi connectivity index (χ3n) is 10.6. The van der Waals surface area contributed by atoms with Crippen LogP contribution in [0.3, 0.4) is 0 Å². The maximum absolute atomic E-state index is 9.74. The van der Waals surface area contributed by atoms with E-state index in [1.54, 1.807) is 35.6 Å². The maximum atomic E-state index is 9.74. The molecule has 0 saturated carbocycles. The van der Waals surface area contributed by atoms with E-state index in [0.29, 0.717) is 22.5 Å². The van der Waals surface area contributed by atoms with Crippen LogP contribution in [0.1, 0.15) is 8.22 Å². The van der Waals surface area contributed by atoms with Crippen LogP contribution >= 0.6 is 11.3 Å². The molecule has 4 aromatic heterocycles. The molecule has 0 saturated heterocycles. The first-order valence-corrected chi connectivity index (χ1v) is 19.4. The predicted molar refractivity (Wildman–Crippen MR) is 236 cm³/mol. The Labute approximate surface area is 339 Å². The lowest BCUT2D eigenvalue weighted by atomic mass is 9.99. The van der Waals surface area contributed by atoms with Gasteiger partial charge in [-0.15, -0.1) is 11.3 Å². The number of aromatic nitrogens is 4. The molecule has 8 aromatic carbocycles. The summed E-state index contributed by atoms with van der Waals surface area (Å²) in [6.45, 7) is 0. The van der Waals surface area contributed by atoms with Crippen molar-refractivity contribution in [2.75, 3.05) is 0 Å². The van der Waals surface area contributed by atoms with Gasteiger partial charge in [0.1, 0.15) is 11.2 Å². The van der Waals surface area contributed by atoms with E-state index in [4.69, 9.17) is 23.5 Å². The minimum atomic E-state index is -0.340. The molecule has 6 heteroatoms. The lowest BCUT2D eigenvalue weighted by Crippen LogP contribution is -2.06. The molecule has 0 unspecified atom stereocenters. The topological polar surface area (TPSA) is 56.7 Å². The molecule has 0 amide bonds. The highest BCUT2D eigenvalue weighted by Crippen LogP contribution is 2.43. The number of benzene rings is 8. The zero-order valence-electron chi connectivity index (χ0n) is 36.0. The first-order valence-electron chi connectivity index (χ1n) is 21.5. The van der Waals surface area contributed by atoms with E-state index >= 15 is 0 Å². The summed E-state index contributed by atoms with van der Waals surface area (Å²) in [6.07, 6.45) is 0. The van der Waals surface area contributed by atoms with Crippen LogP contribution in [0.4, 0.5) is 0 Å². The Bertz CT molecular complexity index is 3880. The van der Waals surface area contributed by atoms with E-state index in [0.717, 1.165) is 53.1 Å². The van der Waals surface area contributed by atoms with Crippen molar-refractivity contribution < 1.29 is 12.6 Å². The summed E-state index contributed by atoms with van der Waals surface area (Å²) in [6, 6.07) is 46.0. The van der Waals surface area contributed by atoms with E-state index in [-0.39, 0.29) is 75.5 Å². The van der Waals surface area contributed by atoms with Crippen molar-refractivity contribution in [3.8, 4) is 51.0 Å². The normalized spacial score (nSPS) is 13.3. The first kappa shape index (κ1) is 26.4. The van der Waals surface area contributed by atoms with Gasteiger partial charge in [0, 0.05) is 48.1 Å². The second kappa shape index (κ2) is 12.6. The molecular weight excluding hydrogens is 717 g/mol. The van der Waals surface area contributed by atoms with Gasteiger partial charge in [-0.3, -0.25) is 4.57 Å². The fourth-order valence-electron chi connectivity index (χ4n) is 7.99. The van der Waals surface area contributed by atoms with Crippen molar-refractivity contribution in [3.63, 3.8) is 0 Å². The minimum absolute atomic E-state index is 0.00263. The van der Waals surface area contributed by atoms with E-state index < -0.39 is 0 Å². The highest BCUT2D eigenvalue weighted by atomic mass is 32.1. The smallest absolute Gasteiger partial charge is 0.238 e. The Balaban J connectivity index is 1.19. The standard InChI is InChI=1S/C51H30N4OS/c1-3-13-31(14-4-1)33-17-11-18-34(29-33)49-52-50(35-25-26-41-44(30-35)56-43-23-12-21-36(46(41)43)32-15-5-2-6-16-32)54-51(53-49)55-42-22-9-7-19-37(42)39-27-28-40-38-20-8-10-24-45(38)57-48(40)47(39)55/h1-30H/i12D,21D,23D,25D,26D,30D. The number of para-hydroxylation sites is 1. The van der Waals surface area contributed by atoms with Crippen LogP contribution in [0.5, 0.6) is 0 Å². The van der Waals surface area contributed by atoms with Crippen LogP contribution in [0.2, 0.25) is 0 Å². The fraction of sp³-hybridized carbons (Fsp3) is 0. The van der Waals surface area contributed by atoms with Crippen LogP contribution in [0, 0.1) is 0 Å². The molecule has 57 heavy (non-hydrogen) atoms. The molecule has 266 valence electrons. The molecule has 0 radical (unpaired) electrons. The van der Waals surface area contributed by atoms with Gasteiger partial charge in [-0.25, -0.2) is 4.98 Å². The van der Waals surface area contributed by atoms with Gasteiger partial charge in [-0.1, -0.05) is 146 Å². The number of fused-ring (bicyclic) bond motifs is 10. The molecule has 5 nitrogen and oxygen atoms in total. The van der Waals surface area contributed by atoms with Gasteiger partial charge in [0.05, 0.1) is 24.0 Å². The second-order valence-corrected chi connectivity index (χ2v) is 14.9. The van der Waals surface area contributed by atoms with Gasteiger partial charge in [-0.05, 0) is 58.6 Å².